The van der Waals surface area contributed by atoms with Crippen molar-refractivity contribution in [3.05, 3.63) is 45.8 Å². The first kappa shape index (κ1) is 20.5. The van der Waals surface area contributed by atoms with Crippen LogP contribution in [0.5, 0.6) is 0 Å². The van der Waals surface area contributed by atoms with Crippen LogP contribution in [0.1, 0.15) is 30.1 Å². The molecule has 3 heterocycles. The highest BCUT2D eigenvalue weighted by Gasteiger charge is 2.22. The Labute approximate surface area is 187 Å². The van der Waals surface area contributed by atoms with Gasteiger partial charge in [-0.25, -0.2) is 9.97 Å². The Hall–Kier alpha value is -2.82. The van der Waals surface area contributed by atoms with E-state index in [0.717, 1.165) is 40.4 Å². The van der Waals surface area contributed by atoms with E-state index in [4.69, 9.17) is 10.7 Å². The van der Waals surface area contributed by atoms with Gasteiger partial charge in [0, 0.05) is 55.0 Å². The number of amides is 2. The van der Waals surface area contributed by atoms with Crippen LogP contribution in [0.15, 0.2) is 36.7 Å². The molecule has 154 valence electrons. The molecule has 1 saturated heterocycles. The highest BCUT2D eigenvalue weighted by Crippen LogP contribution is 2.31. The van der Waals surface area contributed by atoms with Gasteiger partial charge in [0.1, 0.15) is 0 Å². The molecule has 1 aliphatic heterocycles. The molecular weight excluding hydrogens is 495 g/mol. The third-order valence-corrected chi connectivity index (χ3v) is 6.09. The highest BCUT2D eigenvalue weighted by molar-refractivity contribution is 14.1. The highest BCUT2D eigenvalue weighted by atomic mass is 127. The Morgan fingerprint density at radius 2 is 1.90 bits per heavy atom. The number of nitrogens with one attached hydrogen (secondary N) is 1. The molecule has 0 bridgehead atoms. The number of carbonyl (C=O) groups is 2. The number of piperidine rings is 1. The summed E-state index contributed by atoms with van der Waals surface area (Å²) in [6, 6.07) is 7.34. The topological polar surface area (TPSA) is 114 Å². The van der Waals surface area contributed by atoms with Crippen LogP contribution < -0.4 is 11.1 Å². The van der Waals surface area contributed by atoms with Crippen LogP contribution in [0.2, 0.25) is 0 Å². The number of hydrogen-bond acceptors (Lipinski definition) is 6. The van der Waals surface area contributed by atoms with Gasteiger partial charge in [0.2, 0.25) is 17.8 Å². The van der Waals surface area contributed by atoms with Crippen molar-refractivity contribution in [2.75, 3.05) is 18.4 Å². The number of carbonyl (C=O) groups excluding carboxylic acids is 2. The first-order valence-corrected chi connectivity index (χ1v) is 10.7. The lowest BCUT2D eigenvalue weighted by Crippen LogP contribution is -2.41. The van der Waals surface area contributed by atoms with E-state index in [-0.39, 0.29) is 11.9 Å². The molecule has 0 saturated carbocycles. The molecule has 8 nitrogen and oxygen atoms in total. The molecule has 2 aromatic heterocycles. The lowest BCUT2D eigenvalue weighted by Gasteiger charge is -2.31. The first-order chi connectivity index (χ1) is 14.4. The van der Waals surface area contributed by atoms with Crippen LogP contribution in [-0.4, -0.2) is 50.8 Å². The number of hydrogen-bond donors (Lipinski definition) is 2. The van der Waals surface area contributed by atoms with Gasteiger partial charge in [-0.1, -0.05) is 18.2 Å². The summed E-state index contributed by atoms with van der Waals surface area (Å²) in [7, 11) is 0. The minimum Gasteiger partial charge on any atom is -0.366 e. The summed E-state index contributed by atoms with van der Waals surface area (Å²) in [4.78, 5) is 39.0. The molecule has 1 aromatic carbocycles. The number of rotatable bonds is 4. The van der Waals surface area contributed by atoms with Gasteiger partial charge in [0.25, 0.3) is 0 Å². The van der Waals surface area contributed by atoms with Crippen LogP contribution in [0.4, 0.5) is 5.95 Å². The summed E-state index contributed by atoms with van der Waals surface area (Å²) >= 11 is 2.20. The monoisotopic (exact) mass is 516 g/mol. The fourth-order valence-corrected chi connectivity index (χ4v) is 4.25. The van der Waals surface area contributed by atoms with Crippen LogP contribution in [-0.2, 0) is 4.79 Å². The molecule has 9 heteroatoms. The number of pyridine rings is 1. The van der Waals surface area contributed by atoms with Gasteiger partial charge in [0.15, 0.2) is 0 Å². The predicted molar refractivity (Wildman–Crippen MR) is 123 cm³/mol. The molecule has 0 atom stereocenters. The molecule has 0 spiro atoms. The van der Waals surface area contributed by atoms with Crippen LogP contribution in [0, 0.1) is 3.57 Å². The molecule has 3 N–H and O–H groups in total. The van der Waals surface area contributed by atoms with Gasteiger partial charge in [-0.3, -0.25) is 14.6 Å². The second-order valence-electron chi connectivity index (χ2n) is 7.25. The quantitative estimate of drug-likeness (QED) is 0.516. The minimum atomic E-state index is -0.504. The van der Waals surface area contributed by atoms with Crippen molar-refractivity contribution in [1.82, 2.24) is 19.9 Å². The lowest BCUT2D eigenvalue weighted by molar-refractivity contribution is -0.129. The molecule has 1 aliphatic rings. The standard InChI is InChI=1S/C21H21IN6O2/c1-12(29)28-8-6-13(7-9-28)26-21-25-10-16-18(24-11-17(22)19(16)27-21)14-4-2-3-5-15(14)20(23)30/h2-5,10-11,13H,6-9H2,1H3,(H2,23,30)(H,25,26,27). The lowest BCUT2D eigenvalue weighted by atomic mass is 10.0. The molecule has 1 fully saturated rings. The maximum absolute atomic E-state index is 11.9. The molecule has 30 heavy (non-hydrogen) atoms. The van der Waals surface area contributed by atoms with Gasteiger partial charge in [-0.2, -0.15) is 0 Å². The molecule has 0 unspecified atom stereocenters. The summed E-state index contributed by atoms with van der Waals surface area (Å²) in [5.41, 5.74) is 8.01. The summed E-state index contributed by atoms with van der Waals surface area (Å²) in [6.07, 6.45) is 5.17. The smallest absolute Gasteiger partial charge is 0.249 e. The second-order valence-corrected chi connectivity index (χ2v) is 8.41. The summed E-state index contributed by atoms with van der Waals surface area (Å²) in [5.74, 6) is 0.151. The summed E-state index contributed by atoms with van der Waals surface area (Å²) in [6.45, 7) is 3.07. The average Bonchev–Trinajstić information content (AvgIpc) is 2.75. The van der Waals surface area contributed by atoms with E-state index >= 15 is 0 Å². The maximum atomic E-state index is 11.9. The number of halogens is 1. The Balaban J connectivity index is 1.66. The van der Waals surface area contributed by atoms with Gasteiger partial charge in [-0.05, 0) is 41.5 Å². The summed E-state index contributed by atoms with van der Waals surface area (Å²) < 4.78 is 0.889. The van der Waals surface area contributed by atoms with Gasteiger partial charge >= 0.3 is 0 Å². The molecular formula is C21H21IN6O2. The zero-order chi connectivity index (χ0) is 21.3. The van der Waals surface area contributed by atoms with Gasteiger partial charge < -0.3 is 16.0 Å². The molecule has 3 aromatic rings. The zero-order valence-electron chi connectivity index (χ0n) is 16.4. The van der Waals surface area contributed by atoms with Crippen molar-refractivity contribution in [3.8, 4) is 11.3 Å². The predicted octanol–water partition coefficient (Wildman–Crippen LogP) is 2.82. The van der Waals surface area contributed by atoms with Gasteiger partial charge in [-0.15, -0.1) is 0 Å². The Bertz CT molecular complexity index is 1130. The minimum absolute atomic E-state index is 0.112. The van der Waals surface area contributed by atoms with Crippen molar-refractivity contribution in [1.29, 1.82) is 0 Å². The second kappa shape index (κ2) is 8.50. The Morgan fingerprint density at radius 3 is 2.60 bits per heavy atom. The molecule has 4 rings (SSSR count). The number of primary amides is 1. The number of fused-ring (bicyclic) bond motifs is 1. The molecule has 0 aliphatic carbocycles. The van der Waals surface area contributed by atoms with Crippen LogP contribution in [0.3, 0.4) is 0 Å². The van der Waals surface area contributed by atoms with E-state index in [1.807, 2.05) is 17.0 Å². The van der Waals surface area contributed by atoms with Crippen molar-refractivity contribution in [3.63, 3.8) is 0 Å². The van der Waals surface area contributed by atoms with Crippen molar-refractivity contribution >= 4 is 51.3 Å². The van der Waals surface area contributed by atoms with Crippen LogP contribution in [0.25, 0.3) is 22.2 Å². The van der Waals surface area contributed by atoms with E-state index in [9.17, 15) is 9.59 Å². The van der Waals surface area contributed by atoms with Crippen molar-refractivity contribution in [2.24, 2.45) is 5.73 Å². The van der Waals surface area contributed by atoms with Crippen molar-refractivity contribution in [2.45, 2.75) is 25.8 Å². The Morgan fingerprint density at radius 1 is 1.17 bits per heavy atom. The normalized spacial score (nSPS) is 14.7. The largest absolute Gasteiger partial charge is 0.366 e. The first-order valence-electron chi connectivity index (χ1n) is 9.66. The zero-order valence-corrected chi connectivity index (χ0v) is 18.6. The van der Waals surface area contributed by atoms with Crippen LogP contribution >= 0.6 is 22.6 Å². The molecule has 0 radical (unpaired) electrons. The third-order valence-electron chi connectivity index (χ3n) is 5.30. The fraction of sp³-hybridized carbons (Fsp3) is 0.286. The van der Waals surface area contributed by atoms with Crippen molar-refractivity contribution < 1.29 is 9.59 Å². The number of aromatic nitrogens is 3. The molecule has 2 amide bonds. The van der Waals surface area contributed by atoms with E-state index in [1.165, 1.54) is 0 Å². The van der Waals surface area contributed by atoms with E-state index in [1.54, 1.807) is 31.5 Å². The number of anilines is 1. The Kier molecular flexibility index (Phi) is 5.80. The fourth-order valence-electron chi connectivity index (χ4n) is 3.70. The average molecular weight is 516 g/mol. The number of nitrogens with zero attached hydrogens (tertiary/aromatic N) is 4. The SMILES string of the molecule is CC(=O)N1CCC(Nc2ncc3c(-c4ccccc4C(N)=O)ncc(I)c3n2)CC1. The van der Waals surface area contributed by atoms with Gasteiger partial charge in [0.05, 0.1) is 14.8 Å². The van der Waals surface area contributed by atoms with E-state index in [2.05, 4.69) is 37.9 Å². The third kappa shape index (κ3) is 4.07. The summed E-state index contributed by atoms with van der Waals surface area (Å²) in [5, 5.41) is 4.15. The van der Waals surface area contributed by atoms with E-state index in [0.29, 0.717) is 22.8 Å². The maximum Gasteiger partial charge on any atom is 0.249 e. The number of likely N-dealkylation sites (tertiary alicyclic amines) is 1. The number of benzene rings is 1. The van der Waals surface area contributed by atoms with E-state index < -0.39 is 5.91 Å². The number of nitrogens with two attached hydrogens (primary N) is 1.